The molecule has 0 atom stereocenters. The second-order valence-electron chi connectivity index (χ2n) is 0. The molecule has 0 saturated carbocycles. The van der Waals surface area contributed by atoms with Gasteiger partial charge >= 0.3 is 0 Å². The summed E-state index contributed by atoms with van der Waals surface area (Å²) in [5.41, 5.74) is 0. The van der Waals surface area contributed by atoms with Crippen LogP contribution in [0.3, 0.4) is 0 Å². The summed E-state index contributed by atoms with van der Waals surface area (Å²) in [4.78, 5) is 0. The van der Waals surface area contributed by atoms with Crippen LogP contribution in [-0.2, 0) is 0 Å². The van der Waals surface area contributed by atoms with E-state index in [1.54, 1.807) is 0 Å². The second kappa shape index (κ2) is 15.7. The summed E-state index contributed by atoms with van der Waals surface area (Å²) < 4.78 is 0. The largest absolute Gasteiger partial charge is 0 e. The molecule has 0 fully saturated rings. The van der Waals surface area contributed by atoms with E-state index in [4.69, 9.17) is 0 Å². The molecular formula is BaCaNaSr. The minimum absolute atomic E-state index is 0. The summed E-state index contributed by atoms with van der Waals surface area (Å²) in [5, 5.41) is 0. The molecule has 0 rings (SSSR count). The average molecular weight is 288 g/mol. The van der Waals surface area contributed by atoms with Crippen molar-refractivity contribution in [2.24, 2.45) is 0 Å². The van der Waals surface area contributed by atoms with Gasteiger partial charge in [0.25, 0.3) is 0 Å². The van der Waals surface area contributed by atoms with Crippen LogP contribution < -0.4 is 0 Å². The van der Waals surface area contributed by atoms with Crippen LogP contribution in [0.4, 0.5) is 0 Å². The fourth-order valence-electron chi connectivity index (χ4n) is 0. The first-order valence-electron chi connectivity index (χ1n) is 0. The molecule has 0 aliphatic carbocycles. The normalized spacial score (nSPS) is 0. The quantitative estimate of drug-likeness (QED) is 0.475. The Bertz CT molecular complexity index is 8.00. The first-order valence-corrected chi connectivity index (χ1v) is 0. The third-order valence-corrected chi connectivity index (χ3v) is 0. The SMILES string of the molecule is [Ba].[Ca].[Na].[Sr]. The smallest absolute Gasteiger partial charge is 0 e. The maximum atomic E-state index is 0. The zero-order chi connectivity index (χ0) is 0. The minimum Gasteiger partial charge on any atom is 0 e. The van der Waals surface area contributed by atoms with Crippen LogP contribution in [0.5, 0.6) is 0 Å². The zero-order valence-corrected chi connectivity index (χ0v) is 15.2. The molecule has 0 heterocycles. The Morgan fingerprint density at radius 2 is 1.00 bits per heavy atom. The Morgan fingerprint density at radius 1 is 1.00 bits per heavy atom. The molecule has 0 amide bonds. The van der Waals surface area contributed by atoms with Gasteiger partial charge in [0.15, 0.2) is 0 Å². The van der Waals surface area contributed by atoms with Gasteiger partial charge in [-0.3, -0.25) is 0 Å². The maximum Gasteiger partial charge on any atom is 0 e. The van der Waals surface area contributed by atoms with E-state index < -0.39 is 0 Å². The monoisotopic (exact) mass is 289 g/mol. The third-order valence-electron chi connectivity index (χ3n) is 0. The van der Waals surface area contributed by atoms with Crippen molar-refractivity contribution in [3.63, 3.8) is 0 Å². The van der Waals surface area contributed by atoms with Crippen molar-refractivity contribution in [2.45, 2.75) is 0 Å². The van der Waals surface area contributed by atoms with E-state index in [-0.39, 0.29) is 162 Å². The molecule has 0 aliphatic heterocycles. The summed E-state index contributed by atoms with van der Waals surface area (Å²) in [7, 11) is 0. The van der Waals surface area contributed by atoms with Crippen molar-refractivity contribution in [1.29, 1.82) is 0 Å². The third kappa shape index (κ3) is 10.3. The fourth-order valence-corrected chi connectivity index (χ4v) is 0. The molecule has 7 radical (unpaired) electrons. The molecule has 4 heavy (non-hydrogen) atoms. The second-order valence-corrected chi connectivity index (χ2v) is 0. The average Bonchev–Trinajstić information content (AvgIpc) is 0. The van der Waals surface area contributed by atoms with E-state index in [0.717, 1.165) is 0 Å². The molecule has 0 nitrogen and oxygen atoms in total. The molecule has 4 heteroatoms. The predicted octanol–water partition coefficient (Wildman–Crippen LogP) is -1.52. The van der Waals surface area contributed by atoms with Gasteiger partial charge in [0.2, 0.25) is 0 Å². The Morgan fingerprint density at radius 3 is 1.00 bits per heavy atom. The minimum atomic E-state index is 0. The first-order chi connectivity index (χ1) is 0. The van der Waals surface area contributed by atoms with Gasteiger partial charge in [-0.1, -0.05) is 0 Å². The molecule has 0 saturated heterocycles. The van der Waals surface area contributed by atoms with Crippen LogP contribution in [0.2, 0.25) is 0 Å². The molecule has 0 bridgehead atoms. The van der Waals surface area contributed by atoms with Gasteiger partial charge in [-0.05, 0) is 0 Å². The number of hydrogen-bond donors (Lipinski definition) is 0. The Kier molecular flexibility index (Phi) is 89.8. The molecule has 0 spiro atoms. The molecular weight excluding hydrogens is 288 g/mol. The number of hydrogen-bond acceptors (Lipinski definition) is 0. The van der Waals surface area contributed by atoms with Gasteiger partial charge in [0, 0.05) is 162 Å². The summed E-state index contributed by atoms with van der Waals surface area (Å²) in [6, 6.07) is 0. The Labute approximate surface area is 156 Å². The van der Waals surface area contributed by atoms with Crippen LogP contribution in [0.15, 0.2) is 0 Å². The van der Waals surface area contributed by atoms with Gasteiger partial charge in [0.05, 0.1) is 0 Å². The summed E-state index contributed by atoms with van der Waals surface area (Å²) in [6.07, 6.45) is 0. The van der Waals surface area contributed by atoms with E-state index in [2.05, 4.69) is 0 Å². The van der Waals surface area contributed by atoms with Gasteiger partial charge in [-0.2, -0.15) is 0 Å². The van der Waals surface area contributed by atoms with Gasteiger partial charge in [-0.25, -0.2) is 0 Å². The number of rotatable bonds is 0. The van der Waals surface area contributed by atoms with Crippen molar-refractivity contribution in [3.8, 4) is 0 Å². The van der Waals surface area contributed by atoms with Gasteiger partial charge in [-0.15, -0.1) is 0 Å². The van der Waals surface area contributed by atoms with E-state index >= 15 is 0 Å². The molecule has 7 valence electrons. The van der Waals surface area contributed by atoms with Crippen LogP contribution >= 0.6 is 0 Å². The van der Waals surface area contributed by atoms with Gasteiger partial charge in [0.1, 0.15) is 0 Å². The zero-order valence-electron chi connectivity index (χ0n) is 3.12. The predicted molar refractivity (Wildman–Crippen MR) is 23.0 cm³/mol. The molecule has 0 unspecified atom stereocenters. The first kappa shape index (κ1) is 22.8. The van der Waals surface area contributed by atoms with E-state index in [9.17, 15) is 0 Å². The van der Waals surface area contributed by atoms with Gasteiger partial charge < -0.3 is 0 Å². The molecule has 0 N–H and O–H groups in total. The summed E-state index contributed by atoms with van der Waals surface area (Å²) in [6.45, 7) is 0. The van der Waals surface area contributed by atoms with Crippen LogP contribution in [0.25, 0.3) is 0 Å². The van der Waals surface area contributed by atoms with Crippen LogP contribution in [-0.4, -0.2) is 162 Å². The molecule has 0 aromatic rings. The Hall–Kier alpha value is 5.31. The van der Waals surface area contributed by atoms with Crippen molar-refractivity contribution >= 4 is 162 Å². The van der Waals surface area contributed by atoms with Crippen molar-refractivity contribution in [3.05, 3.63) is 0 Å². The van der Waals surface area contributed by atoms with Crippen molar-refractivity contribution < 1.29 is 0 Å². The summed E-state index contributed by atoms with van der Waals surface area (Å²) >= 11 is 0. The van der Waals surface area contributed by atoms with E-state index in [1.165, 1.54) is 0 Å². The fraction of sp³-hybridized carbons (Fsp3) is 0. The van der Waals surface area contributed by atoms with E-state index in [1.807, 2.05) is 0 Å². The Balaban J connectivity index is 0. The van der Waals surface area contributed by atoms with Crippen LogP contribution in [0, 0.1) is 0 Å². The maximum absolute atomic E-state index is 0. The molecule has 0 aromatic carbocycles. The van der Waals surface area contributed by atoms with Crippen LogP contribution in [0.1, 0.15) is 0 Å². The molecule has 0 aromatic heterocycles. The topological polar surface area (TPSA) is 0 Å². The van der Waals surface area contributed by atoms with Crippen molar-refractivity contribution in [1.82, 2.24) is 0 Å². The summed E-state index contributed by atoms with van der Waals surface area (Å²) in [5.74, 6) is 0. The van der Waals surface area contributed by atoms with E-state index in [0.29, 0.717) is 0 Å². The molecule has 0 aliphatic rings. The standard InChI is InChI=1S/Ba.Ca.Na.Sr. The van der Waals surface area contributed by atoms with Crippen molar-refractivity contribution in [2.75, 3.05) is 0 Å².